The summed E-state index contributed by atoms with van der Waals surface area (Å²) in [6.45, 7) is 14.5. The fourth-order valence-corrected chi connectivity index (χ4v) is 4.08. The van der Waals surface area contributed by atoms with Crippen LogP contribution < -0.4 is 21.3 Å². The third-order valence-corrected chi connectivity index (χ3v) is 4.46. The van der Waals surface area contributed by atoms with Crippen molar-refractivity contribution in [1.29, 1.82) is 0 Å². The van der Waals surface area contributed by atoms with Gasteiger partial charge in [0.15, 0.2) is 0 Å². The van der Waals surface area contributed by atoms with Gasteiger partial charge in [-0.3, -0.25) is 26.1 Å². The molecule has 4 atom stereocenters. The molecule has 4 N–H and O–H groups in total. The maximum Gasteiger partial charge on any atom is 0.221 e. The number of amides is 1. The zero-order chi connectivity index (χ0) is 16.7. The van der Waals surface area contributed by atoms with E-state index in [4.69, 9.17) is 0 Å². The number of nitrogens with one attached hydrogen (secondary N) is 4. The first kappa shape index (κ1) is 17.7. The molecule has 2 aliphatic heterocycles. The summed E-state index contributed by atoms with van der Waals surface area (Å²) in [6.07, 6.45) is 1.90. The first-order valence-corrected chi connectivity index (χ1v) is 8.39. The average molecular weight is 311 g/mol. The molecule has 22 heavy (non-hydrogen) atoms. The van der Waals surface area contributed by atoms with E-state index in [2.05, 4.69) is 62.8 Å². The Balaban J connectivity index is 2.21. The van der Waals surface area contributed by atoms with Crippen molar-refractivity contribution < 1.29 is 4.79 Å². The zero-order valence-corrected chi connectivity index (χ0v) is 15.1. The summed E-state index contributed by atoms with van der Waals surface area (Å²) in [4.78, 5) is 14.4. The van der Waals surface area contributed by atoms with Gasteiger partial charge in [0.25, 0.3) is 0 Å². The summed E-state index contributed by atoms with van der Waals surface area (Å²) in [5, 5.41) is 14.2. The van der Waals surface area contributed by atoms with Crippen LogP contribution in [0.4, 0.5) is 0 Å². The van der Waals surface area contributed by atoms with Crippen molar-refractivity contribution in [3.63, 3.8) is 0 Å². The molecule has 0 bridgehead atoms. The van der Waals surface area contributed by atoms with E-state index in [0.717, 1.165) is 12.8 Å². The van der Waals surface area contributed by atoms with Gasteiger partial charge in [-0.05, 0) is 54.4 Å². The lowest BCUT2D eigenvalue weighted by molar-refractivity contribution is -0.140. The normalized spacial score (nSPS) is 37.6. The molecule has 2 saturated heterocycles. The smallest absolute Gasteiger partial charge is 0.221 e. The molecule has 2 heterocycles. The van der Waals surface area contributed by atoms with E-state index in [-0.39, 0.29) is 29.6 Å². The van der Waals surface area contributed by atoms with Crippen LogP contribution >= 0.6 is 0 Å². The highest BCUT2D eigenvalue weighted by molar-refractivity contribution is 5.74. The zero-order valence-electron chi connectivity index (χ0n) is 15.1. The molecule has 6 nitrogen and oxygen atoms in total. The molecule has 0 radical (unpaired) electrons. The van der Waals surface area contributed by atoms with E-state index in [1.807, 2.05) is 4.90 Å². The lowest BCUT2D eigenvalue weighted by Gasteiger charge is -2.51. The molecule has 0 aromatic carbocycles. The first-order valence-electron chi connectivity index (χ1n) is 8.39. The minimum absolute atomic E-state index is 0.0438. The molecule has 4 unspecified atom stereocenters. The van der Waals surface area contributed by atoms with Gasteiger partial charge in [0.1, 0.15) is 0 Å². The number of hydrogen-bond acceptors (Lipinski definition) is 5. The molecule has 0 saturated carbocycles. The van der Waals surface area contributed by atoms with Gasteiger partial charge < -0.3 is 4.90 Å². The van der Waals surface area contributed by atoms with Crippen LogP contribution in [0.25, 0.3) is 0 Å². The Hall–Kier alpha value is -0.690. The van der Waals surface area contributed by atoms with Crippen LogP contribution in [0.15, 0.2) is 0 Å². The van der Waals surface area contributed by atoms with Crippen molar-refractivity contribution in [2.75, 3.05) is 0 Å². The Morgan fingerprint density at radius 3 is 1.50 bits per heavy atom. The molecular formula is C16H33N5O. The fourth-order valence-electron chi connectivity index (χ4n) is 4.08. The van der Waals surface area contributed by atoms with Crippen LogP contribution in [0.3, 0.4) is 0 Å². The molecule has 0 aromatic rings. The van der Waals surface area contributed by atoms with Crippen molar-refractivity contribution >= 4 is 5.91 Å². The lowest BCUT2D eigenvalue weighted by Crippen LogP contribution is -2.74. The van der Waals surface area contributed by atoms with Crippen molar-refractivity contribution in [1.82, 2.24) is 26.2 Å². The molecule has 0 aromatic heterocycles. The Bertz CT molecular complexity index is 391. The van der Waals surface area contributed by atoms with E-state index in [1.165, 1.54) is 0 Å². The highest BCUT2D eigenvalue weighted by Crippen LogP contribution is 2.23. The predicted molar refractivity (Wildman–Crippen MR) is 89.0 cm³/mol. The van der Waals surface area contributed by atoms with Gasteiger partial charge in [-0.1, -0.05) is 0 Å². The SMILES string of the molecule is CC(=O)N(C1CC(C)NC(C)(C)N1)C1CC(C)NC(C)(C)N1. The summed E-state index contributed by atoms with van der Waals surface area (Å²) in [7, 11) is 0. The van der Waals surface area contributed by atoms with Gasteiger partial charge in [-0.25, -0.2) is 0 Å². The summed E-state index contributed by atoms with van der Waals surface area (Å²) in [5.74, 6) is 0.116. The van der Waals surface area contributed by atoms with Crippen LogP contribution in [0.5, 0.6) is 0 Å². The highest BCUT2D eigenvalue weighted by atomic mass is 16.2. The van der Waals surface area contributed by atoms with Gasteiger partial charge in [0.05, 0.1) is 23.7 Å². The standard InChI is InChI=1S/C16H33N5O/c1-10-8-13(19-15(4,5)17-10)21(12(3)22)14-9-11(2)18-16(6,7)20-14/h10-11,13-14,17-20H,8-9H2,1-7H3. The van der Waals surface area contributed by atoms with E-state index >= 15 is 0 Å². The Labute approximate surface area is 134 Å². The Morgan fingerprint density at radius 2 is 1.23 bits per heavy atom. The minimum atomic E-state index is -0.177. The quantitative estimate of drug-likeness (QED) is 0.610. The van der Waals surface area contributed by atoms with Gasteiger partial charge in [-0.2, -0.15) is 0 Å². The molecular weight excluding hydrogens is 278 g/mol. The van der Waals surface area contributed by atoms with Gasteiger partial charge in [0.2, 0.25) is 5.91 Å². The van der Waals surface area contributed by atoms with Gasteiger partial charge in [0, 0.05) is 19.0 Å². The summed E-state index contributed by atoms with van der Waals surface area (Å²) in [5.41, 5.74) is -0.353. The summed E-state index contributed by atoms with van der Waals surface area (Å²) < 4.78 is 0. The minimum Gasteiger partial charge on any atom is -0.312 e. The first-order chi connectivity index (χ1) is 9.99. The van der Waals surface area contributed by atoms with Crippen LogP contribution in [0, 0.1) is 0 Å². The maximum atomic E-state index is 12.4. The molecule has 2 fully saturated rings. The number of hydrogen-bond donors (Lipinski definition) is 4. The van der Waals surface area contributed by atoms with E-state index < -0.39 is 0 Å². The third-order valence-electron chi connectivity index (χ3n) is 4.46. The molecule has 1 amide bonds. The van der Waals surface area contributed by atoms with Crippen molar-refractivity contribution in [3.8, 4) is 0 Å². The van der Waals surface area contributed by atoms with Gasteiger partial charge >= 0.3 is 0 Å². The van der Waals surface area contributed by atoms with Crippen molar-refractivity contribution in [3.05, 3.63) is 0 Å². The number of carbonyl (C=O) groups is 1. The molecule has 128 valence electrons. The maximum absolute atomic E-state index is 12.4. The Morgan fingerprint density at radius 1 is 0.864 bits per heavy atom. The van der Waals surface area contributed by atoms with Crippen molar-refractivity contribution in [2.45, 2.75) is 97.0 Å². The fraction of sp³-hybridized carbons (Fsp3) is 0.938. The topological polar surface area (TPSA) is 68.4 Å². The second-order valence-corrected chi connectivity index (χ2v) is 8.06. The van der Waals surface area contributed by atoms with E-state index in [0.29, 0.717) is 12.1 Å². The monoisotopic (exact) mass is 311 g/mol. The molecule has 6 heteroatoms. The van der Waals surface area contributed by atoms with Crippen LogP contribution in [-0.2, 0) is 4.79 Å². The summed E-state index contributed by atoms with van der Waals surface area (Å²) >= 11 is 0. The molecule has 0 aliphatic carbocycles. The second kappa shape index (κ2) is 6.07. The van der Waals surface area contributed by atoms with Gasteiger partial charge in [-0.15, -0.1) is 0 Å². The Kier molecular flexibility index (Phi) is 4.88. The lowest BCUT2D eigenvalue weighted by atomic mass is 9.99. The predicted octanol–water partition coefficient (Wildman–Crippen LogP) is 0.902. The molecule has 0 spiro atoms. The van der Waals surface area contributed by atoms with E-state index in [1.54, 1.807) is 6.92 Å². The molecule has 2 rings (SSSR count). The van der Waals surface area contributed by atoms with Crippen LogP contribution in [-0.4, -0.2) is 46.5 Å². The van der Waals surface area contributed by atoms with Crippen molar-refractivity contribution in [2.24, 2.45) is 0 Å². The molecule has 2 aliphatic rings. The largest absolute Gasteiger partial charge is 0.312 e. The number of nitrogens with zero attached hydrogens (tertiary/aromatic N) is 1. The third kappa shape index (κ3) is 4.19. The number of carbonyl (C=O) groups excluding carboxylic acids is 1. The van der Waals surface area contributed by atoms with E-state index in [9.17, 15) is 4.79 Å². The van der Waals surface area contributed by atoms with Crippen LogP contribution in [0.2, 0.25) is 0 Å². The summed E-state index contributed by atoms with van der Waals surface area (Å²) in [6, 6.07) is 0.741. The highest BCUT2D eigenvalue weighted by Gasteiger charge is 2.41. The van der Waals surface area contributed by atoms with Crippen LogP contribution in [0.1, 0.15) is 61.3 Å². The average Bonchev–Trinajstić information content (AvgIpc) is 2.21. The number of rotatable bonds is 2. The second-order valence-electron chi connectivity index (χ2n) is 8.06.